The molecule has 3 unspecified atom stereocenters. The first-order chi connectivity index (χ1) is 9.08. The van der Waals surface area contributed by atoms with Gasteiger partial charge in [0.15, 0.2) is 0 Å². The molecule has 3 nitrogen and oxygen atoms in total. The van der Waals surface area contributed by atoms with Crippen molar-refractivity contribution in [3.05, 3.63) is 0 Å². The van der Waals surface area contributed by atoms with E-state index in [0.717, 1.165) is 32.2 Å². The van der Waals surface area contributed by atoms with E-state index in [4.69, 9.17) is 4.74 Å². The number of piperazine rings is 1. The molecule has 1 rings (SSSR count). The molecule has 0 bridgehead atoms. The van der Waals surface area contributed by atoms with Crippen LogP contribution in [0, 0.1) is 11.8 Å². The van der Waals surface area contributed by atoms with Crippen LogP contribution < -0.4 is 5.32 Å². The highest BCUT2D eigenvalue weighted by Crippen LogP contribution is 2.18. The van der Waals surface area contributed by atoms with Crippen LogP contribution in [0.15, 0.2) is 0 Å². The number of rotatable bonds is 8. The van der Waals surface area contributed by atoms with Crippen molar-refractivity contribution in [2.24, 2.45) is 11.8 Å². The van der Waals surface area contributed by atoms with Gasteiger partial charge < -0.3 is 10.1 Å². The van der Waals surface area contributed by atoms with Crippen molar-refractivity contribution in [3.63, 3.8) is 0 Å². The molecule has 3 atom stereocenters. The van der Waals surface area contributed by atoms with Gasteiger partial charge >= 0.3 is 0 Å². The lowest BCUT2D eigenvalue weighted by Crippen LogP contribution is -2.58. The van der Waals surface area contributed by atoms with Gasteiger partial charge in [0.25, 0.3) is 0 Å². The zero-order valence-corrected chi connectivity index (χ0v) is 13.6. The van der Waals surface area contributed by atoms with Crippen LogP contribution >= 0.6 is 0 Å². The average molecular weight is 270 g/mol. The Morgan fingerprint density at radius 1 is 1.26 bits per heavy atom. The number of hydrogen-bond acceptors (Lipinski definition) is 3. The molecule has 0 saturated carbocycles. The molecule has 0 aromatic heterocycles. The van der Waals surface area contributed by atoms with Crippen LogP contribution in [0.3, 0.4) is 0 Å². The van der Waals surface area contributed by atoms with Gasteiger partial charge in [-0.2, -0.15) is 0 Å². The minimum atomic E-state index is 0.636. The lowest BCUT2D eigenvalue weighted by Gasteiger charge is -2.43. The van der Waals surface area contributed by atoms with Gasteiger partial charge in [-0.05, 0) is 18.3 Å². The summed E-state index contributed by atoms with van der Waals surface area (Å²) in [7, 11) is 0. The fourth-order valence-electron chi connectivity index (χ4n) is 2.76. The summed E-state index contributed by atoms with van der Waals surface area (Å²) < 4.78 is 5.77. The maximum absolute atomic E-state index is 5.77. The molecule has 0 radical (unpaired) electrons. The SMILES string of the molecule is CCC1CN(CCOCC(C)C)C(C(C)CC)CN1. The topological polar surface area (TPSA) is 24.5 Å². The molecule has 0 aromatic rings. The third-order valence-corrected chi connectivity index (χ3v) is 4.31. The predicted octanol–water partition coefficient (Wildman–Crippen LogP) is 2.76. The molecular formula is C16H34N2O. The summed E-state index contributed by atoms with van der Waals surface area (Å²) in [5.74, 6) is 1.40. The normalized spacial score (nSPS) is 26.8. The summed E-state index contributed by atoms with van der Waals surface area (Å²) in [5, 5.41) is 3.69. The quantitative estimate of drug-likeness (QED) is 0.686. The number of hydrogen-bond donors (Lipinski definition) is 1. The highest BCUT2D eigenvalue weighted by atomic mass is 16.5. The zero-order valence-electron chi connectivity index (χ0n) is 13.6. The van der Waals surface area contributed by atoms with E-state index < -0.39 is 0 Å². The van der Waals surface area contributed by atoms with Crippen LogP contribution in [0.5, 0.6) is 0 Å². The predicted molar refractivity (Wildman–Crippen MR) is 82.6 cm³/mol. The number of nitrogens with zero attached hydrogens (tertiary/aromatic N) is 1. The largest absolute Gasteiger partial charge is 0.380 e. The molecule has 0 spiro atoms. The fraction of sp³-hybridized carbons (Fsp3) is 1.00. The molecule has 1 saturated heterocycles. The van der Waals surface area contributed by atoms with Gasteiger partial charge in [-0.3, -0.25) is 4.90 Å². The fourth-order valence-corrected chi connectivity index (χ4v) is 2.76. The smallest absolute Gasteiger partial charge is 0.0593 e. The van der Waals surface area contributed by atoms with E-state index in [9.17, 15) is 0 Å². The highest BCUT2D eigenvalue weighted by Gasteiger charge is 2.29. The van der Waals surface area contributed by atoms with Crippen molar-refractivity contribution in [2.45, 2.75) is 59.5 Å². The summed E-state index contributed by atoms with van der Waals surface area (Å²) in [6.07, 6.45) is 2.48. The molecule has 3 heteroatoms. The van der Waals surface area contributed by atoms with Gasteiger partial charge in [0.1, 0.15) is 0 Å². The Kier molecular flexibility index (Phi) is 7.96. The molecule has 1 aliphatic heterocycles. The van der Waals surface area contributed by atoms with Crippen LogP contribution in [0.2, 0.25) is 0 Å². The Labute approximate surface area is 120 Å². The third-order valence-electron chi connectivity index (χ3n) is 4.31. The lowest BCUT2D eigenvalue weighted by molar-refractivity contribution is 0.0389. The summed E-state index contributed by atoms with van der Waals surface area (Å²) in [5.41, 5.74) is 0. The first-order valence-electron chi connectivity index (χ1n) is 8.13. The van der Waals surface area contributed by atoms with E-state index >= 15 is 0 Å². The van der Waals surface area contributed by atoms with Crippen molar-refractivity contribution >= 4 is 0 Å². The number of nitrogens with one attached hydrogen (secondary N) is 1. The van der Waals surface area contributed by atoms with E-state index in [2.05, 4.69) is 44.8 Å². The van der Waals surface area contributed by atoms with Crippen LogP contribution in [0.1, 0.15) is 47.5 Å². The first-order valence-corrected chi connectivity index (χ1v) is 8.13. The molecule has 1 aliphatic rings. The molecule has 114 valence electrons. The van der Waals surface area contributed by atoms with Crippen molar-refractivity contribution in [1.29, 1.82) is 0 Å². The highest BCUT2D eigenvalue weighted by molar-refractivity contribution is 4.87. The standard InChI is InChI=1S/C16H34N2O/c1-6-14(5)16-10-17-15(7-2)11-18(16)8-9-19-12-13(3)4/h13-17H,6-12H2,1-5H3. The molecule has 0 aliphatic carbocycles. The van der Waals surface area contributed by atoms with Gasteiger partial charge in [0, 0.05) is 38.3 Å². The molecule has 19 heavy (non-hydrogen) atoms. The second kappa shape index (κ2) is 8.93. The van der Waals surface area contributed by atoms with Crippen LogP contribution in [-0.2, 0) is 4.74 Å². The van der Waals surface area contributed by atoms with Crippen molar-refractivity contribution in [2.75, 3.05) is 32.8 Å². The van der Waals surface area contributed by atoms with Crippen molar-refractivity contribution < 1.29 is 4.74 Å². The summed E-state index contributed by atoms with van der Waals surface area (Å²) in [6, 6.07) is 1.33. The summed E-state index contributed by atoms with van der Waals surface area (Å²) >= 11 is 0. The summed E-state index contributed by atoms with van der Waals surface area (Å²) in [6.45, 7) is 16.5. The summed E-state index contributed by atoms with van der Waals surface area (Å²) in [4.78, 5) is 2.65. The molecule has 0 aromatic carbocycles. The molecule has 1 fully saturated rings. The Morgan fingerprint density at radius 2 is 2.00 bits per heavy atom. The maximum Gasteiger partial charge on any atom is 0.0593 e. The molecule has 0 amide bonds. The number of ether oxygens (including phenoxy) is 1. The second-order valence-corrected chi connectivity index (χ2v) is 6.43. The van der Waals surface area contributed by atoms with Crippen LogP contribution in [0.25, 0.3) is 0 Å². The van der Waals surface area contributed by atoms with E-state index in [-0.39, 0.29) is 0 Å². The van der Waals surface area contributed by atoms with Crippen LogP contribution in [-0.4, -0.2) is 49.8 Å². The van der Waals surface area contributed by atoms with Gasteiger partial charge in [-0.15, -0.1) is 0 Å². The average Bonchev–Trinajstić information content (AvgIpc) is 2.42. The Bertz CT molecular complexity index is 233. The lowest BCUT2D eigenvalue weighted by atomic mass is 9.94. The minimum Gasteiger partial charge on any atom is -0.380 e. The maximum atomic E-state index is 5.77. The first kappa shape index (κ1) is 16.9. The Morgan fingerprint density at radius 3 is 2.58 bits per heavy atom. The third kappa shape index (κ3) is 5.80. The van der Waals surface area contributed by atoms with E-state index in [1.165, 1.54) is 19.4 Å². The van der Waals surface area contributed by atoms with E-state index in [1.54, 1.807) is 0 Å². The van der Waals surface area contributed by atoms with Crippen molar-refractivity contribution in [3.8, 4) is 0 Å². The molecule has 1 heterocycles. The van der Waals surface area contributed by atoms with E-state index in [1.807, 2.05) is 0 Å². The van der Waals surface area contributed by atoms with Gasteiger partial charge in [-0.25, -0.2) is 0 Å². The zero-order chi connectivity index (χ0) is 14.3. The van der Waals surface area contributed by atoms with E-state index in [0.29, 0.717) is 18.0 Å². The van der Waals surface area contributed by atoms with Gasteiger partial charge in [-0.1, -0.05) is 41.0 Å². The van der Waals surface area contributed by atoms with Crippen molar-refractivity contribution in [1.82, 2.24) is 10.2 Å². The second-order valence-electron chi connectivity index (χ2n) is 6.43. The molecular weight excluding hydrogens is 236 g/mol. The molecule has 1 N–H and O–H groups in total. The Hall–Kier alpha value is -0.120. The van der Waals surface area contributed by atoms with Gasteiger partial charge in [0.05, 0.1) is 6.61 Å². The minimum absolute atomic E-state index is 0.636. The Balaban J connectivity index is 2.42. The van der Waals surface area contributed by atoms with Gasteiger partial charge in [0.2, 0.25) is 0 Å². The van der Waals surface area contributed by atoms with Crippen LogP contribution in [0.4, 0.5) is 0 Å². The monoisotopic (exact) mass is 270 g/mol.